The van der Waals surface area contributed by atoms with Crippen LogP contribution < -0.4 is 11.3 Å². The predicted octanol–water partition coefficient (Wildman–Crippen LogP) is 2.98. The highest BCUT2D eigenvalue weighted by Gasteiger charge is 2.28. The molecule has 0 saturated heterocycles. The number of benzene rings is 1. The van der Waals surface area contributed by atoms with Crippen LogP contribution in [0.25, 0.3) is 0 Å². The fourth-order valence-electron chi connectivity index (χ4n) is 2.61. The van der Waals surface area contributed by atoms with Crippen LogP contribution in [0.2, 0.25) is 0 Å². The van der Waals surface area contributed by atoms with Gasteiger partial charge in [0, 0.05) is 4.88 Å². The Labute approximate surface area is 105 Å². The molecule has 2 unspecified atom stereocenters. The summed E-state index contributed by atoms with van der Waals surface area (Å²) in [6.07, 6.45) is 2.29. The average Bonchev–Trinajstić information content (AvgIpc) is 2.84. The zero-order chi connectivity index (χ0) is 11.7. The first-order valence-electron chi connectivity index (χ1n) is 5.96. The minimum Gasteiger partial charge on any atom is -0.271 e. The topological polar surface area (TPSA) is 38.0 Å². The summed E-state index contributed by atoms with van der Waals surface area (Å²) in [7, 11) is 0. The van der Waals surface area contributed by atoms with Gasteiger partial charge in [-0.3, -0.25) is 11.3 Å². The summed E-state index contributed by atoms with van der Waals surface area (Å²) in [6, 6.07) is 13.2. The van der Waals surface area contributed by atoms with Gasteiger partial charge in [-0.05, 0) is 41.3 Å². The van der Waals surface area contributed by atoms with Crippen LogP contribution in [0.1, 0.15) is 34.4 Å². The molecule has 1 heterocycles. The Kier molecular flexibility index (Phi) is 2.97. The van der Waals surface area contributed by atoms with Crippen LogP contribution in [0, 0.1) is 0 Å². The number of thiophene rings is 1. The molecular weight excluding hydrogens is 228 g/mol. The van der Waals surface area contributed by atoms with Crippen molar-refractivity contribution >= 4 is 11.3 Å². The van der Waals surface area contributed by atoms with Crippen molar-refractivity contribution in [2.75, 3.05) is 0 Å². The van der Waals surface area contributed by atoms with Crippen molar-refractivity contribution in [1.82, 2.24) is 5.43 Å². The molecule has 3 heteroatoms. The summed E-state index contributed by atoms with van der Waals surface area (Å²) in [4.78, 5) is 1.33. The SMILES string of the molecule is NNC(CC1Cc2ccccc21)c1cccs1. The van der Waals surface area contributed by atoms with Crippen molar-refractivity contribution < 1.29 is 0 Å². The lowest BCUT2D eigenvalue weighted by molar-refractivity contribution is 0.440. The molecule has 2 atom stereocenters. The van der Waals surface area contributed by atoms with E-state index in [-0.39, 0.29) is 6.04 Å². The van der Waals surface area contributed by atoms with Crippen molar-refractivity contribution in [1.29, 1.82) is 0 Å². The van der Waals surface area contributed by atoms with Crippen LogP contribution in [-0.4, -0.2) is 0 Å². The number of fused-ring (bicyclic) bond motifs is 1. The first-order valence-corrected chi connectivity index (χ1v) is 6.84. The summed E-state index contributed by atoms with van der Waals surface area (Å²) in [5.74, 6) is 6.33. The predicted molar refractivity (Wildman–Crippen MR) is 71.9 cm³/mol. The van der Waals surface area contributed by atoms with E-state index in [1.807, 2.05) is 0 Å². The summed E-state index contributed by atoms with van der Waals surface area (Å²) in [6.45, 7) is 0. The van der Waals surface area contributed by atoms with Gasteiger partial charge in [0.15, 0.2) is 0 Å². The summed E-state index contributed by atoms with van der Waals surface area (Å²) >= 11 is 1.77. The van der Waals surface area contributed by atoms with E-state index in [4.69, 9.17) is 5.84 Å². The minimum absolute atomic E-state index is 0.286. The monoisotopic (exact) mass is 244 g/mol. The highest BCUT2D eigenvalue weighted by Crippen LogP contribution is 2.41. The van der Waals surface area contributed by atoms with Crippen molar-refractivity contribution in [3.05, 3.63) is 57.8 Å². The molecule has 0 saturated carbocycles. The third-order valence-corrected chi connectivity index (χ3v) is 4.56. The Balaban J connectivity index is 1.73. The van der Waals surface area contributed by atoms with E-state index >= 15 is 0 Å². The normalized spacial score (nSPS) is 19.5. The van der Waals surface area contributed by atoms with E-state index in [0.29, 0.717) is 5.92 Å². The standard InChI is InChI=1S/C14H16N2S/c15-16-13(14-6-3-7-17-14)9-11-8-10-4-1-2-5-12(10)11/h1-7,11,13,16H,8-9,15H2. The molecule has 17 heavy (non-hydrogen) atoms. The Morgan fingerprint density at radius 3 is 2.88 bits per heavy atom. The molecule has 88 valence electrons. The lowest BCUT2D eigenvalue weighted by Gasteiger charge is -2.32. The molecular formula is C14H16N2S. The lowest BCUT2D eigenvalue weighted by Crippen LogP contribution is -2.31. The van der Waals surface area contributed by atoms with Crippen molar-refractivity contribution in [2.24, 2.45) is 5.84 Å². The quantitative estimate of drug-likeness (QED) is 0.641. The number of hydrazine groups is 1. The number of rotatable bonds is 4. The Morgan fingerprint density at radius 1 is 1.29 bits per heavy atom. The van der Waals surface area contributed by atoms with Gasteiger partial charge in [-0.15, -0.1) is 11.3 Å². The van der Waals surface area contributed by atoms with E-state index in [2.05, 4.69) is 47.2 Å². The van der Waals surface area contributed by atoms with Gasteiger partial charge < -0.3 is 0 Å². The van der Waals surface area contributed by atoms with Crippen LogP contribution >= 0.6 is 11.3 Å². The molecule has 3 N–H and O–H groups in total. The zero-order valence-corrected chi connectivity index (χ0v) is 10.4. The zero-order valence-electron chi connectivity index (χ0n) is 9.60. The second-order valence-corrected chi connectivity index (χ2v) is 5.55. The Bertz CT molecular complexity index is 493. The first-order chi connectivity index (χ1) is 8.38. The van der Waals surface area contributed by atoms with Gasteiger partial charge in [0.1, 0.15) is 0 Å². The molecule has 3 rings (SSSR count). The number of hydrogen-bond acceptors (Lipinski definition) is 3. The molecule has 1 aromatic heterocycles. The van der Waals surface area contributed by atoms with Crippen LogP contribution in [-0.2, 0) is 6.42 Å². The van der Waals surface area contributed by atoms with Gasteiger partial charge in [-0.25, -0.2) is 0 Å². The van der Waals surface area contributed by atoms with E-state index in [0.717, 1.165) is 6.42 Å². The highest BCUT2D eigenvalue weighted by molar-refractivity contribution is 7.10. The van der Waals surface area contributed by atoms with Crippen molar-refractivity contribution in [3.63, 3.8) is 0 Å². The fraction of sp³-hybridized carbons (Fsp3) is 0.286. The second kappa shape index (κ2) is 4.61. The molecule has 0 fully saturated rings. The Morgan fingerprint density at radius 2 is 2.18 bits per heavy atom. The first kappa shape index (κ1) is 11.0. The number of nitrogens with one attached hydrogen (secondary N) is 1. The number of hydrogen-bond donors (Lipinski definition) is 2. The van der Waals surface area contributed by atoms with Crippen LogP contribution in [0.5, 0.6) is 0 Å². The molecule has 2 nitrogen and oxygen atoms in total. The molecule has 1 aromatic carbocycles. The molecule has 0 radical (unpaired) electrons. The summed E-state index contributed by atoms with van der Waals surface area (Å²) in [5, 5.41) is 2.11. The number of nitrogens with two attached hydrogens (primary N) is 1. The van der Waals surface area contributed by atoms with Gasteiger partial charge in [0.2, 0.25) is 0 Å². The van der Waals surface area contributed by atoms with Crippen LogP contribution in [0.3, 0.4) is 0 Å². The maximum absolute atomic E-state index is 5.67. The van der Waals surface area contributed by atoms with Gasteiger partial charge in [-0.1, -0.05) is 30.3 Å². The largest absolute Gasteiger partial charge is 0.271 e. The van der Waals surface area contributed by atoms with Crippen molar-refractivity contribution in [2.45, 2.75) is 24.8 Å². The average molecular weight is 244 g/mol. The molecule has 0 amide bonds. The minimum atomic E-state index is 0.286. The van der Waals surface area contributed by atoms with Gasteiger partial charge in [-0.2, -0.15) is 0 Å². The van der Waals surface area contributed by atoms with Gasteiger partial charge in [0.05, 0.1) is 6.04 Å². The van der Waals surface area contributed by atoms with E-state index in [1.165, 1.54) is 22.4 Å². The van der Waals surface area contributed by atoms with Crippen molar-refractivity contribution in [3.8, 4) is 0 Å². The lowest BCUT2D eigenvalue weighted by atomic mass is 9.74. The van der Waals surface area contributed by atoms with E-state index in [1.54, 1.807) is 11.3 Å². The van der Waals surface area contributed by atoms with Gasteiger partial charge in [0.25, 0.3) is 0 Å². The Hall–Kier alpha value is -1.16. The molecule has 0 bridgehead atoms. The highest BCUT2D eigenvalue weighted by atomic mass is 32.1. The maximum atomic E-state index is 5.67. The van der Waals surface area contributed by atoms with E-state index < -0.39 is 0 Å². The maximum Gasteiger partial charge on any atom is 0.0559 e. The van der Waals surface area contributed by atoms with Crippen LogP contribution in [0.15, 0.2) is 41.8 Å². The van der Waals surface area contributed by atoms with Gasteiger partial charge >= 0.3 is 0 Å². The van der Waals surface area contributed by atoms with Crippen LogP contribution in [0.4, 0.5) is 0 Å². The molecule has 1 aliphatic rings. The van der Waals surface area contributed by atoms with E-state index in [9.17, 15) is 0 Å². The second-order valence-electron chi connectivity index (χ2n) is 4.57. The molecule has 0 aliphatic heterocycles. The smallest absolute Gasteiger partial charge is 0.0559 e. The summed E-state index contributed by atoms with van der Waals surface area (Å²) in [5.41, 5.74) is 5.95. The molecule has 0 spiro atoms. The third-order valence-electron chi connectivity index (χ3n) is 3.57. The summed E-state index contributed by atoms with van der Waals surface area (Å²) < 4.78 is 0. The third kappa shape index (κ3) is 2.02. The molecule has 1 aliphatic carbocycles. The fourth-order valence-corrected chi connectivity index (χ4v) is 3.41. The molecule has 2 aromatic rings.